The number of fused-ring (bicyclic) bond motifs is 1. The van der Waals surface area contributed by atoms with Crippen molar-refractivity contribution in [3.63, 3.8) is 0 Å². The van der Waals surface area contributed by atoms with Gasteiger partial charge in [0, 0.05) is 0 Å². The second-order valence-corrected chi connectivity index (χ2v) is 1.96. The zero-order valence-corrected chi connectivity index (χ0v) is 4.46. The van der Waals surface area contributed by atoms with E-state index in [2.05, 4.69) is 37.7 Å². The first kappa shape index (κ1) is 4.25. The predicted molar refractivity (Wildman–Crippen MR) is 39.8 cm³/mol. The van der Waals surface area contributed by atoms with Crippen molar-refractivity contribution in [2.75, 3.05) is 0 Å². The van der Waals surface area contributed by atoms with Gasteiger partial charge in [0.25, 0.3) is 0 Å². The summed E-state index contributed by atoms with van der Waals surface area (Å²) in [7, 11) is 0. The predicted octanol–water partition coefficient (Wildman–Crippen LogP) is -0.206. The van der Waals surface area contributed by atoms with E-state index in [9.17, 15) is 0 Å². The Bertz CT molecular complexity index is 205. The Kier molecular flexibility index (Phi) is 0.750. The van der Waals surface area contributed by atoms with Crippen LogP contribution in [0.15, 0.2) is 23.1 Å². The molecule has 0 aromatic carbocycles. The van der Waals surface area contributed by atoms with Crippen molar-refractivity contribution in [3.05, 3.63) is 23.1 Å². The van der Waals surface area contributed by atoms with Crippen molar-refractivity contribution in [1.82, 2.24) is 0 Å². The van der Waals surface area contributed by atoms with Crippen molar-refractivity contribution in [2.24, 2.45) is 0 Å². The van der Waals surface area contributed by atoms with E-state index in [4.69, 9.17) is 0 Å². The Morgan fingerprint density at radius 1 is 0.875 bits per heavy atom. The average molecular weight is 97.7 g/mol. The molecule has 0 amide bonds. The van der Waals surface area contributed by atoms with Crippen LogP contribution in [0.4, 0.5) is 0 Å². The molecule has 0 saturated heterocycles. The standard InChI is InChI=1S/C6H4B2/c1-5-2-8-4-6(5)3-7-1/h1-4H. The fraction of sp³-hybridized carbons (Fsp3) is 0. The van der Waals surface area contributed by atoms with Crippen molar-refractivity contribution >= 4 is 25.8 Å². The van der Waals surface area contributed by atoms with Gasteiger partial charge in [-0.25, -0.2) is 0 Å². The van der Waals surface area contributed by atoms with Crippen LogP contribution in [0.1, 0.15) is 0 Å². The van der Waals surface area contributed by atoms with Crippen LogP contribution in [0.25, 0.3) is 0 Å². The normalized spacial score (nSPS) is 19.0. The summed E-state index contributed by atoms with van der Waals surface area (Å²) in [5.41, 5.74) is 2.70. The Labute approximate surface area is 49.7 Å². The fourth-order valence-corrected chi connectivity index (χ4v) is 1.01. The van der Waals surface area contributed by atoms with Gasteiger partial charge in [0.2, 0.25) is 0 Å². The van der Waals surface area contributed by atoms with Gasteiger partial charge in [0.15, 0.2) is 0 Å². The molecule has 34 valence electrons. The van der Waals surface area contributed by atoms with Gasteiger partial charge in [0.1, 0.15) is 0 Å². The van der Waals surface area contributed by atoms with E-state index >= 15 is 0 Å². The molecule has 0 aromatic heterocycles. The topological polar surface area (TPSA) is 0 Å². The van der Waals surface area contributed by atoms with Crippen molar-refractivity contribution < 1.29 is 0 Å². The van der Waals surface area contributed by atoms with Gasteiger partial charge in [-0.05, 0) is 0 Å². The maximum atomic E-state index is 2.12. The first-order valence-corrected chi connectivity index (χ1v) is 2.74. The third-order valence-electron chi connectivity index (χ3n) is 1.44. The van der Waals surface area contributed by atoms with Gasteiger partial charge in [-0.15, -0.1) is 0 Å². The van der Waals surface area contributed by atoms with E-state index < -0.39 is 0 Å². The van der Waals surface area contributed by atoms with Gasteiger partial charge in [0.05, 0.1) is 0 Å². The fourth-order valence-electron chi connectivity index (χ4n) is 1.01. The Hall–Kier alpha value is -0.650. The molecule has 0 N–H and O–H groups in total. The van der Waals surface area contributed by atoms with Gasteiger partial charge in [-0.1, -0.05) is 0 Å². The molecule has 0 aromatic rings. The summed E-state index contributed by atoms with van der Waals surface area (Å²) in [6.45, 7) is 4.15. The van der Waals surface area contributed by atoms with E-state index in [0.29, 0.717) is 0 Å². The van der Waals surface area contributed by atoms with Crippen LogP contribution in [-0.2, 0) is 0 Å². The van der Waals surface area contributed by atoms with Crippen LogP contribution in [0.3, 0.4) is 0 Å². The summed E-state index contributed by atoms with van der Waals surface area (Å²) >= 11 is 0. The van der Waals surface area contributed by atoms with E-state index in [-0.39, 0.29) is 0 Å². The molecule has 8 heavy (non-hydrogen) atoms. The minimum absolute atomic E-state index is 1.35. The second-order valence-electron chi connectivity index (χ2n) is 1.96. The van der Waals surface area contributed by atoms with Crippen LogP contribution in [0.2, 0.25) is 0 Å². The van der Waals surface area contributed by atoms with Gasteiger partial charge in [-0.3, -0.25) is 0 Å². The van der Waals surface area contributed by atoms with Gasteiger partial charge < -0.3 is 0 Å². The van der Waals surface area contributed by atoms with Crippen molar-refractivity contribution in [3.8, 4) is 0 Å². The van der Waals surface area contributed by atoms with E-state index in [1.807, 2.05) is 0 Å². The van der Waals surface area contributed by atoms with E-state index in [1.165, 1.54) is 11.1 Å². The monoisotopic (exact) mass is 98.0 g/mol. The summed E-state index contributed by atoms with van der Waals surface area (Å²) in [5.74, 6) is 8.48. The third kappa shape index (κ3) is 0.430. The van der Waals surface area contributed by atoms with Crippen LogP contribution in [-0.4, -0.2) is 25.8 Å². The molecule has 0 spiro atoms. The molecule has 0 aliphatic carbocycles. The first-order chi connectivity index (χ1) is 3.97. The summed E-state index contributed by atoms with van der Waals surface area (Å²) in [5, 5.41) is 0. The second kappa shape index (κ2) is 1.41. The van der Waals surface area contributed by atoms with Crippen molar-refractivity contribution in [2.45, 2.75) is 0 Å². The SMILES string of the molecule is B1=CC2=CB=CC2=C1. The Morgan fingerprint density at radius 2 is 1.38 bits per heavy atom. The maximum absolute atomic E-state index is 2.12. The van der Waals surface area contributed by atoms with E-state index in [1.54, 1.807) is 0 Å². The molecule has 0 saturated carbocycles. The molecule has 2 rings (SSSR count). The summed E-state index contributed by atoms with van der Waals surface area (Å²) in [6.07, 6.45) is 0. The summed E-state index contributed by atoms with van der Waals surface area (Å²) in [4.78, 5) is 0. The number of hydrogen-bond acceptors (Lipinski definition) is 0. The van der Waals surface area contributed by atoms with E-state index in [0.717, 1.165) is 0 Å². The molecule has 0 radical (unpaired) electrons. The zero-order chi connectivity index (χ0) is 5.40. The third-order valence-corrected chi connectivity index (χ3v) is 1.44. The Balaban J connectivity index is 2.59. The van der Waals surface area contributed by atoms with Gasteiger partial charge >= 0.3 is 48.9 Å². The molecule has 0 bridgehead atoms. The average Bonchev–Trinajstić information content (AvgIpc) is 2.15. The molecule has 2 heterocycles. The molecule has 0 fully saturated rings. The zero-order valence-electron chi connectivity index (χ0n) is 4.46. The van der Waals surface area contributed by atoms with Crippen LogP contribution < -0.4 is 0 Å². The number of hydrogen-bond donors (Lipinski definition) is 0. The first-order valence-electron chi connectivity index (χ1n) is 2.74. The summed E-state index contributed by atoms with van der Waals surface area (Å²) < 4.78 is 0. The minimum atomic E-state index is 1.35. The molecule has 2 aliphatic heterocycles. The Morgan fingerprint density at radius 3 is 1.88 bits per heavy atom. The molecule has 2 heteroatoms. The number of allylic oxidation sites excluding steroid dienone is 2. The van der Waals surface area contributed by atoms with Crippen LogP contribution in [0.5, 0.6) is 0 Å². The number of rotatable bonds is 0. The molecule has 0 atom stereocenters. The van der Waals surface area contributed by atoms with Crippen molar-refractivity contribution in [1.29, 1.82) is 0 Å². The molecule has 0 nitrogen and oxygen atoms in total. The van der Waals surface area contributed by atoms with Crippen LogP contribution >= 0.6 is 0 Å². The quantitative estimate of drug-likeness (QED) is 0.367. The molecular formula is C6H4B2. The molecular weight excluding hydrogens is 93.7 g/mol. The van der Waals surface area contributed by atoms with Gasteiger partial charge in [-0.2, -0.15) is 0 Å². The molecule has 0 unspecified atom stereocenters. The molecule has 2 aliphatic rings. The summed E-state index contributed by atoms with van der Waals surface area (Å²) in [6, 6.07) is 0. The van der Waals surface area contributed by atoms with Crippen LogP contribution in [0, 0.1) is 0 Å².